The third kappa shape index (κ3) is 3.88. The highest BCUT2D eigenvalue weighted by molar-refractivity contribution is 5.92. The van der Waals surface area contributed by atoms with Gasteiger partial charge in [0.1, 0.15) is 17.3 Å². The molecule has 0 fully saturated rings. The Balaban J connectivity index is 2.78. The van der Waals surface area contributed by atoms with Crippen LogP contribution in [-0.2, 0) is 4.79 Å². The third-order valence-corrected chi connectivity index (χ3v) is 2.24. The number of aliphatic carboxylic acids is 1. The first-order valence-corrected chi connectivity index (χ1v) is 5.25. The van der Waals surface area contributed by atoms with E-state index in [9.17, 15) is 18.4 Å². The van der Waals surface area contributed by atoms with Gasteiger partial charge in [0.2, 0.25) is 0 Å². The van der Waals surface area contributed by atoms with E-state index in [1.165, 1.54) is 0 Å². The van der Waals surface area contributed by atoms with E-state index in [0.717, 1.165) is 25.1 Å². The van der Waals surface area contributed by atoms with Gasteiger partial charge in [-0.3, -0.25) is 0 Å². The number of rotatable bonds is 4. The van der Waals surface area contributed by atoms with E-state index in [1.54, 1.807) is 0 Å². The minimum absolute atomic E-state index is 0.699. The first kappa shape index (κ1) is 14.8. The van der Waals surface area contributed by atoms with Crippen LogP contribution < -0.4 is 10.6 Å². The standard InChI is InChI=1S/C11H12F2N2O4/c1-5(16)8(10(17)18)14-11(19)15-9-6(12)3-2-4-7(9)13/h2-5,8,16H,1H3,(H,17,18)(H2,14,15,19)/t5-,8+/m1/s1. The summed E-state index contributed by atoms with van der Waals surface area (Å²) in [5.74, 6) is -3.47. The normalized spacial score (nSPS) is 13.5. The van der Waals surface area contributed by atoms with Crippen LogP contribution in [0.1, 0.15) is 6.92 Å². The first-order valence-electron chi connectivity index (χ1n) is 5.25. The number of aliphatic hydroxyl groups excluding tert-OH is 1. The molecule has 0 aliphatic heterocycles. The number of carboxylic acid groups (broad SMARTS) is 1. The second-order valence-electron chi connectivity index (χ2n) is 3.75. The lowest BCUT2D eigenvalue weighted by Gasteiger charge is -2.17. The molecule has 2 atom stereocenters. The molecule has 8 heteroatoms. The van der Waals surface area contributed by atoms with Crippen molar-refractivity contribution in [2.45, 2.75) is 19.1 Å². The van der Waals surface area contributed by atoms with E-state index in [4.69, 9.17) is 10.2 Å². The van der Waals surface area contributed by atoms with E-state index in [1.807, 2.05) is 10.6 Å². The maximum atomic E-state index is 13.2. The second-order valence-corrected chi connectivity index (χ2v) is 3.75. The number of benzene rings is 1. The van der Waals surface area contributed by atoms with Crippen molar-refractivity contribution in [3.63, 3.8) is 0 Å². The van der Waals surface area contributed by atoms with E-state index in [2.05, 4.69) is 0 Å². The molecule has 0 spiro atoms. The number of hydrogen-bond acceptors (Lipinski definition) is 3. The Bertz CT molecular complexity index is 473. The Kier molecular flexibility index (Phi) is 4.76. The Morgan fingerprint density at radius 1 is 1.26 bits per heavy atom. The van der Waals surface area contributed by atoms with Gasteiger partial charge in [-0.25, -0.2) is 18.4 Å². The molecule has 0 heterocycles. The van der Waals surface area contributed by atoms with Crippen LogP contribution >= 0.6 is 0 Å². The fourth-order valence-corrected chi connectivity index (χ4v) is 1.30. The summed E-state index contributed by atoms with van der Waals surface area (Å²) in [4.78, 5) is 22.1. The van der Waals surface area contributed by atoms with Crippen molar-refractivity contribution in [1.82, 2.24) is 5.32 Å². The smallest absolute Gasteiger partial charge is 0.328 e. The molecule has 0 saturated carbocycles. The van der Waals surface area contributed by atoms with E-state index in [0.29, 0.717) is 0 Å². The van der Waals surface area contributed by atoms with Gasteiger partial charge < -0.3 is 20.8 Å². The zero-order valence-electron chi connectivity index (χ0n) is 9.85. The summed E-state index contributed by atoms with van der Waals surface area (Å²) in [6.45, 7) is 1.16. The Morgan fingerprint density at radius 2 is 1.79 bits per heavy atom. The second kappa shape index (κ2) is 6.10. The fourth-order valence-electron chi connectivity index (χ4n) is 1.30. The van der Waals surface area contributed by atoms with E-state index in [-0.39, 0.29) is 0 Å². The molecule has 4 N–H and O–H groups in total. The van der Waals surface area contributed by atoms with E-state index < -0.39 is 41.5 Å². The van der Waals surface area contributed by atoms with Crippen molar-refractivity contribution in [2.24, 2.45) is 0 Å². The summed E-state index contributed by atoms with van der Waals surface area (Å²) < 4.78 is 26.4. The minimum Gasteiger partial charge on any atom is -0.480 e. The summed E-state index contributed by atoms with van der Waals surface area (Å²) in [6.07, 6.45) is -1.37. The summed E-state index contributed by atoms with van der Waals surface area (Å²) in [7, 11) is 0. The number of nitrogens with one attached hydrogen (secondary N) is 2. The van der Waals surface area contributed by atoms with Gasteiger partial charge in [-0.15, -0.1) is 0 Å². The molecule has 104 valence electrons. The third-order valence-electron chi connectivity index (χ3n) is 2.24. The van der Waals surface area contributed by atoms with Crippen LogP contribution in [0.5, 0.6) is 0 Å². The van der Waals surface area contributed by atoms with E-state index >= 15 is 0 Å². The van der Waals surface area contributed by atoms with Crippen LogP contribution in [0, 0.1) is 11.6 Å². The van der Waals surface area contributed by atoms with Gasteiger partial charge in [-0.1, -0.05) is 6.07 Å². The summed E-state index contributed by atoms with van der Waals surface area (Å²) in [6, 6.07) is 0.250. The molecule has 0 unspecified atom stereocenters. The number of aliphatic hydroxyl groups is 1. The van der Waals surface area contributed by atoms with Crippen LogP contribution in [0.3, 0.4) is 0 Å². The SMILES string of the molecule is C[C@@H](O)[C@H](NC(=O)Nc1c(F)cccc1F)C(=O)O. The molecule has 6 nitrogen and oxygen atoms in total. The van der Waals surface area contributed by atoms with Gasteiger partial charge >= 0.3 is 12.0 Å². The largest absolute Gasteiger partial charge is 0.480 e. The molecule has 1 rings (SSSR count). The topological polar surface area (TPSA) is 98.7 Å². The molecule has 0 aromatic heterocycles. The molecule has 1 aromatic carbocycles. The highest BCUT2D eigenvalue weighted by Crippen LogP contribution is 2.17. The monoisotopic (exact) mass is 274 g/mol. The van der Waals surface area contributed by atoms with Crippen molar-refractivity contribution in [3.8, 4) is 0 Å². The number of anilines is 1. The maximum absolute atomic E-state index is 13.2. The van der Waals surface area contributed by atoms with Crippen LogP contribution in [0.4, 0.5) is 19.3 Å². The number of carbonyl (C=O) groups is 2. The van der Waals surface area contributed by atoms with Gasteiger partial charge in [0.15, 0.2) is 6.04 Å². The Hall–Kier alpha value is -2.22. The van der Waals surface area contributed by atoms with Crippen molar-refractivity contribution < 1.29 is 28.6 Å². The fraction of sp³-hybridized carbons (Fsp3) is 0.273. The molecule has 2 amide bonds. The van der Waals surface area contributed by atoms with Gasteiger partial charge in [-0.2, -0.15) is 0 Å². The van der Waals surface area contributed by atoms with Gasteiger partial charge in [0.25, 0.3) is 0 Å². The van der Waals surface area contributed by atoms with Crippen LogP contribution in [0.2, 0.25) is 0 Å². The molecule has 0 saturated heterocycles. The number of carboxylic acids is 1. The van der Waals surface area contributed by atoms with Gasteiger partial charge in [0.05, 0.1) is 6.10 Å². The van der Waals surface area contributed by atoms with Crippen LogP contribution in [0.15, 0.2) is 18.2 Å². The van der Waals surface area contributed by atoms with Crippen molar-refractivity contribution in [2.75, 3.05) is 5.32 Å². The lowest BCUT2D eigenvalue weighted by Crippen LogP contribution is -2.49. The zero-order valence-corrected chi connectivity index (χ0v) is 9.85. The molecule has 19 heavy (non-hydrogen) atoms. The van der Waals surface area contributed by atoms with Crippen LogP contribution in [0.25, 0.3) is 0 Å². The van der Waals surface area contributed by atoms with Crippen molar-refractivity contribution in [1.29, 1.82) is 0 Å². The van der Waals surface area contributed by atoms with Crippen molar-refractivity contribution >= 4 is 17.7 Å². The predicted octanol–water partition coefficient (Wildman–Crippen LogP) is 0.920. The highest BCUT2D eigenvalue weighted by atomic mass is 19.1. The zero-order chi connectivity index (χ0) is 14.6. The quantitative estimate of drug-likeness (QED) is 0.656. The Labute approximate surface area is 107 Å². The maximum Gasteiger partial charge on any atom is 0.328 e. The molecular weight excluding hydrogens is 262 g/mol. The summed E-state index contributed by atoms with van der Waals surface area (Å²) in [5.41, 5.74) is -0.699. The number of para-hydroxylation sites is 1. The average molecular weight is 274 g/mol. The predicted molar refractivity (Wildman–Crippen MR) is 61.6 cm³/mol. The van der Waals surface area contributed by atoms with Crippen LogP contribution in [-0.4, -0.2) is 34.4 Å². The molecule has 0 aliphatic carbocycles. The van der Waals surface area contributed by atoms with Gasteiger partial charge in [0, 0.05) is 0 Å². The minimum atomic E-state index is -1.59. The highest BCUT2D eigenvalue weighted by Gasteiger charge is 2.25. The molecule has 0 bridgehead atoms. The number of urea groups is 1. The lowest BCUT2D eigenvalue weighted by atomic mass is 10.2. The molecular formula is C11H12F2N2O4. The molecule has 1 aromatic rings. The Morgan fingerprint density at radius 3 is 2.21 bits per heavy atom. The van der Waals surface area contributed by atoms with Crippen molar-refractivity contribution in [3.05, 3.63) is 29.8 Å². The summed E-state index contributed by atoms with van der Waals surface area (Å²) in [5, 5.41) is 21.6. The number of amides is 2. The average Bonchev–Trinajstić information content (AvgIpc) is 2.30. The number of halogens is 2. The number of hydrogen-bond donors (Lipinski definition) is 4. The number of carbonyl (C=O) groups excluding carboxylic acids is 1. The summed E-state index contributed by atoms with van der Waals surface area (Å²) >= 11 is 0. The lowest BCUT2D eigenvalue weighted by molar-refractivity contribution is -0.141. The first-order chi connectivity index (χ1) is 8.82. The van der Waals surface area contributed by atoms with Gasteiger partial charge in [-0.05, 0) is 19.1 Å². The molecule has 0 aliphatic rings. The molecule has 0 radical (unpaired) electrons.